The lowest BCUT2D eigenvalue weighted by molar-refractivity contribution is -0.129. The molecule has 1 unspecified atom stereocenters. The zero-order valence-electron chi connectivity index (χ0n) is 10.1. The van der Waals surface area contributed by atoms with Gasteiger partial charge in [-0.1, -0.05) is 0 Å². The molecule has 92 valence electrons. The smallest absolute Gasteiger partial charge is 0.237 e. The molecule has 1 aliphatic heterocycles. The Labute approximate surface area is 96.6 Å². The molecule has 0 radical (unpaired) electrons. The third-order valence-electron chi connectivity index (χ3n) is 2.76. The zero-order chi connectivity index (χ0) is 12.0. The average molecular weight is 227 g/mol. The number of carbonyl (C=O) groups is 2. The van der Waals surface area contributed by atoms with Gasteiger partial charge in [0.05, 0.1) is 6.04 Å². The van der Waals surface area contributed by atoms with Gasteiger partial charge in [0.1, 0.15) is 0 Å². The molecule has 0 saturated carbocycles. The predicted octanol–water partition coefficient (Wildman–Crippen LogP) is -0.277. The first-order valence-electron chi connectivity index (χ1n) is 5.82. The van der Waals surface area contributed by atoms with Gasteiger partial charge in [0.15, 0.2) is 0 Å². The lowest BCUT2D eigenvalue weighted by Gasteiger charge is -2.16. The van der Waals surface area contributed by atoms with Crippen molar-refractivity contribution >= 4 is 11.8 Å². The second kappa shape index (κ2) is 6.48. The maximum atomic E-state index is 11.6. The highest BCUT2D eigenvalue weighted by molar-refractivity contribution is 5.82. The van der Waals surface area contributed by atoms with Crippen LogP contribution in [0.2, 0.25) is 0 Å². The van der Waals surface area contributed by atoms with Crippen LogP contribution in [0.1, 0.15) is 25.7 Å². The quantitative estimate of drug-likeness (QED) is 0.694. The van der Waals surface area contributed by atoms with Crippen molar-refractivity contribution in [2.75, 3.05) is 27.2 Å². The van der Waals surface area contributed by atoms with E-state index in [0.717, 1.165) is 25.8 Å². The minimum Gasteiger partial charge on any atom is -0.355 e. The Hall–Kier alpha value is -1.10. The molecule has 0 aromatic rings. The van der Waals surface area contributed by atoms with E-state index < -0.39 is 0 Å². The SMILES string of the molecule is CN(C)C(=O)CCNC1CCCCNC1=O. The fourth-order valence-corrected chi connectivity index (χ4v) is 1.71. The topological polar surface area (TPSA) is 61.4 Å². The Balaban J connectivity index is 2.25. The van der Waals surface area contributed by atoms with Gasteiger partial charge < -0.3 is 15.5 Å². The summed E-state index contributed by atoms with van der Waals surface area (Å²) in [6.07, 6.45) is 3.40. The number of nitrogens with one attached hydrogen (secondary N) is 2. The van der Waals surface area contributed by atoms with Gasteiger partial charge in [-0.3, -0.25) is 9.59 Å². The summed E-state index contributed by atoms with van der Waals surface area (Å²) in [6.45, 7) is 1.34. The Morgan fingerprint density at radius 1 is 1.50 bits per heavy atom. The van der Waals surface area contributed by atoms with Crippen LogP contribution in [-0.4, -0.2) is 49.9 Å². The fraction of sp³-hybridized carbons (Fsp3) is 0.818. The molecule has 1 heterocycles. The molecule has 2 amide bonds. The summed E-state index contributed by atoms with van der Waals surface area (Å²) in [5.41, 5.74) is 0. The number of amides is 2. The van der Waals surface area contributed by atoms with Crippen LogP contribution in [0, 0.1) is 0 Å². The molecule has 0 aromatic carbocycles. The standard InChI is InChI=1S/C11H21N3O2/c1-14(2)10(15)6-8-12-9-5-3-4-7-13-11(9)16/h9,12H,3-8H2,1-2H3,(H,13,16). The lowest BCUT2D eigenvalue weighted by Crippen LogP contribution is -2.43. The van der Waals surface area contributed by atoms with E-state index in [-0.39, 0.29) is 17.9 Å². The van der Waals surface area contributed by atoms with Gasteiger partial charge in [0, 0.05) is 33.6 Å². The first kappa shape index (κ1) is 13.0. The summed E-state index contributed by atoms with van der Waals surface area (Å²) >= 11 is 0. The lowest BCUT2D eigenvalue weighted by atomic mass is 10.1. The van der Waals surface area contributed by atoms with Crippen molar-refractivity contribution in [1.82, 2.24) is 15.5 Å². The molecular weight excluding hydrogens is 206 g/mol. The molecule has 5 nitrogen and oxygen atoms in total. The second-order valence-electron chi connectivity index (χ2n) is 4.33. The number of hydrogen-bond acceptors (Lipinski definition) is 3. The molecule has 0 bridgehead atoms. The molecule has 16 heavy (non-hydrogen) atoms. The van der Waals surface area contributed by atoms with Gasteiger partial charge in [-0.05, 0) is 19.3 Å². The van der Waals surface area contributed by atoms with Crippen molar-refractivity contribution in [3.05, 3.63) is 0 Å². The molecule has 1 aliphatic rings. The van der Waals surface area contributed by atoms with Crippen molar-refractivity contribution in [2.45, 2.75) is 31.7 Å². The molecule has 1 saturated heterocycles. The van der Waals surface area contributed by atoms with Gasteiger partial charge in [-0.25, -0.2) is 0 Å². The highest BCUT2D eigenvalue weighted by atomic mass is 16.2. The second-order valence-corrected chi connectivity index (χ2v) is 4.33. The molecular formula is C11H21N3O2. The Kier molecular flexibility index (Phi) is 5.25. The largest absolute Gasteiger partial charge is 0.355 e. The Morgan fingerprint density at radius 3 is 2.94 bits per heavy atom. The van der Waals surface area contributed by atoms with Gasteiger partial charge >= 0.3 is 0 Å². The van der Waals surface area contributed by atoms with Crippen LogP contribution in [0.5, 0.6) is 0 Å². The third kappa shape index (κ3) is 4.18. The molecule has 1 rings (SSSR count). The molecule has 0 aromatic heterocycles. The fourth-order valence-electron chi connectivity index (χ4n) is 1.71. The molecule has 2 N–H and O–H groups in total. The third-order valence-corrected chi connectivity index (χ3v) is 2.76. The van der Waals surface area contributed by atoms with Crippen molar-refractivity contribution in [3.63, 3.8) is 0 Å². The van der Waals surface area contributed by atoms with E-state index in [9.17, 15) is 9.59 Å². The number of hydrogen-bond donors (Lipinski definition) is 2. The van der Waals surface area contributed by atoms with Crippen molar-refractivity contribution in [1.29, 1.82) is 0 Å². The summed E-state index contributed by atoms with van der Waals surface area (Å²) in [6, 6.07) is -0.127. The molecule has 0 spiro atoms. The van der Waals surface area contributed by atoms with E-state index in [1.807, 2.05) is 0 Å². The van der Waals surface area contributed by atoms with E-state index in [1.165, 1.54) is 0 Å². The van der Waals surface area contributed by atoms with Crippen LogP contribution in [0.15, 0.2) is 0 Å². The van der Waals surface area contributed by atoms with Crippen LogP contribution in [0.4, 0.5) is 0 Å². The van der Waals surface area contributed by atoms with E-state index in [1.54, 1.807) is 19.0 Å². The summed E-state index contributed by atoms with van der Waals surface area (Å²) in [5, 5.41) is 6.00. The molecule has 0 aliphatic carbocycles. The van der Waals surface area contributed by atoms with Gasteiger partial charge in [0.2, 0.25) is 11.8 Å². The number of rotatable bonds is 4. The maximum absolute atomic E-state index is 11.6. The monoisotopic (exact) mass is 227 g/mol. The first-order valence-corrected chi connectivity index (χ1v) is 5.82. The highest BCUT2D eigenvalue weighted by Crippen LogP contribution is 2.05. The Bertz CT molecular complexity index is 254. The van der Waals surface area contributed by atoms with E-state index in [4.69, 9.17) is 0 Å². The van der Waals surface area contributed by atoms with E-state index in [0.29, 0.717) is 13.0 Å². The Morgan fingerprint density at radius 2 is 2.25 bits per heavy atom. The van der Waals surface area contributed by atoms with Crippen LogP contribution >= 0.6 is 0 Å². The van der Waals surface area contributed by atoms with Crippen LogP contribution in [0.3, 0.4) is 0 Å². The van der Waals surface area contributed by atoms with Gasteiger partial charge in [-0.15, -0.1) is 0 Å². The van der Waals surface area contributed by atoms with Gasteiger partial charge in [0.25, 0.3) is 0 Å². The van der Waals surface area contributed by atoms with E-state index >= 15 is 0 Å². The minimum absolute atomic E-state index is 0.0646. The highest BCUT2D eigenvalue weighted by Gasteiger charge is 2.19. The van der Waals surface area contributed by atoms with Gasteiger partial charge in [-0.2, -0.15) is 0 Å². The summed E-state index contributed by atoms with van der Waals surface area (Å²) in [7, 11) is 3.47. The van der Waals surface area contributed by atoms with E-state index in [2.05, 4.69) is 10.6 Å². The molecule has 5 heteroatoms. The minimum atomic E-state index is -0.127. The number of nitrogens with zero attached hydrogens (tertiary/aromatic N) is 1. The van der Waals surface area contributed by atoms with Crippen LogP contribution in [-0.2, 0) is 9.59 Å². The first-order chi connectivity index (χ1) is 7.61. The summed E-state index contributed by atoms with van der Waals surface area (Å²) in [4.78, 5) is 24.4. The van der Waals surface area contributed by atoms with Crippen molar-refractivity contribution in [2.24, 2.45) is 0 Å². The summed E-state index contributed by atoms with van der Waals surface area (Å²) < 4.78 is 0. The maximum Gasteiger partial charge on any atom is 0.237 e. The summed E-state index contributed by atoms with van der Waals surface area (Å²) in [5.74, 6) is 0.149. The number of carbonyl (C=O) groups excluding carboxylic acids is 2. The van der Waals surface area contributed by atoms with Crippen LogP contribution in [0.25, 0.3) is 0 Å². The van der Waals surface area contributed by atoms with Crippen molar-refractivity contribution < 1.29 is 9.59 Å². The normalized spacial score (nSPS) is 21.1. The molecule has 1 fully saturated rings. The molecule has 1 atom stereocenters. The average Bonchev–Trinajstić information content (AvgIpc) is 2.44. The predicted molar refractivity (Wildman–Crippen MR) is 62.0 cm³/mol. The zero-order valence-corrected chi connectivity index (χ0v) is 10.1. The van der Waals surface area contributed by atoms with Crippen LogP contribution < -0.4 is 10.6 Å². The van der Waals surface area contributed by atoms with Crippen molar-refractivity contribution in [3.8, 4) is 0 Å².